The van der Waals surface area contributed by atoms with Gasteiger partial charge in [0.25, 0.3) is 11.6 Å². The predicted octanol–water partition coefficient (Wildman–Crippen LogP) is 3.41. The van der Waals surface area contributed by atoms with E-state index in [1.807, 2.05) is 24.3 Å². The molecule has 2 aromatic rings. The van der Waals surface area contributed by atoms with E-state index in [9.17, 15) is 14.9 Å². The zero-order valence-corrected chi connectivity index (χ0v) is 16.7. The van der Waals surface area contributed by atoms with E-state index in [-0.39, 0.29) is 23.8 Å². The molecular formula is C22H25N3O4. The number of nitro groups is 1. The van der Waals surface area contributed by atoms with E-state index in [1.54, 1.807) is 11.0 Å². The van der Waals surface area contributed by atoms with Crippen LogP contribution in [0.1, 0.15) is 35.3 Å². The number of nitrogens with zero attached hydrogens (tertiary/aromatic N) is 3. The summed E-state index contributed by atoms with van der Waals surface area (Å²) in [7, 11) is 0. The van der Waals surface area contributed by atoms with Crippen LogP contribution in [-0.4, -0.2) is 47.6 Å². The molecule has 2 heterocycles. The third-order valence-electron chi connectivity index (χ3n) is 5.52. The van der Waals surface area contributed by atoms with Crippen LogP contribution in [0.2, 0.25) is 0 Å². The van der Waals surface area contributed by atoms with Gasteiger partial charge in [-0.15, -0.1) is 0 Å². The number of nitro benzene ring substituents is 1. The highest BCUT2D eigenvalue weighted by Gasteiger charge is 2.28. The molecule has 0 saturated carbocycles. The van der Waals surface area contributed by atoms with Crippen LogP contribution >= 0.6 is 0 Å². The van der Waals surface area contributed by atoms with Crippen molar-refractivity contribution in [3.05, 3.63) is 69.3 Å². The number of non-ortho nitro benzene ring substituents is 1. The van der Waals surface area contributed by atoms with Crippen molar-refractivity contribution in [2.75, 3.05) is 24.5 Å². The number of amides is 1. The molecule has 7 heteroatoms. The highest BCUT2D eigenvalue weighted by atomic mass is 16.6. The minimum Gasteiger partial charge on any atom is -0.373 e. The number of carbonyl (C=O) groups excluding carboxylic acids is 1. The van der Waals surface area contributed by atoms with Crippen molar-refractivity contribution in [1.29, 1.82) is 0 Å². The summed E-state index contributed by atoms with van der Waals surface area (Å²) < 4.78 is 5.78. The van der Waals surface area contributed by atoms with Crippen molar-refractivity contribution in [2.45, 2.75) is 39.0 Å². The Labute approximate surface area is 170 Å². The highest BCUT2D eigenvalue weighted by molar-refractivity contribution is 6.07. The van der Waals surface area contributed by atoms with Crippen LogP contribution in [0.4, 0.5) is 11.4 Å². The Bertz CT molecular complexity index is 918. The summed E-state index contributed by atoms with van der Waals surface area (Å²) in [4.78, 5) is 27.7. The molecule has 29 heavy (non-hydrogen) atoms. The average molecular weight is 395 g/mol. The number of carbonyl (C=O) groups is 1. The molecule has 0 N–H and O–H groups in total. The second-order valence-corrected chi connectivity index (χ2v) is 7.93. The van der Waals surface area contributed by atoms with Gasteiger partial charge in [0.15, 0.2) is 0 Å². The van der Waals surface area contributed by atoms with Crippen LogP contribution in [0.15, 0.2) is 42.5 Å². The van der Waals surface area contributed by atoms with Crippen LogP contribution in [-0.2, 0) is 17.7 Å². The van der Waals surface area contributed by atoms with Gasteiger partial charge in [-0.2, -0.15) is 0 Å². The Balaban J connectivity index is 1.47. The molecule has 2 aromatic carbocycles. The van der Waals surface area contributed by atoms with Gasteiger partial charge < -0.3 is 9.64 Å². The maximum absolute atomic E-state index is 13.0. The quantitative estimate of drug-likeness (QED) is 0.586. The minimum atomic E-state index is -0.427. The fraction of sp³-hybridized carbons (Fsp3) is 0.409. The highest BCUT2D eigenvalue weighted by Crippen LogP contribution is 2.32. The molecule has 152 valence electrons. The first-order valence-corrected chi connectivity index (χ1v) is 9.96. The Morgan fingerprint density at radius 3 is 2.48 bits per heavy atom. The lowest BCUT2D eigenvalue weighted by molar-refractivity contribution is -0.384. The van der Waals surface area contributed by atoms with Crippen LogP contribution in [0, 0.1) is 10.1 Å². The molecule has 2 aliphatic heterocycles. The lowest BCUT2D eigenvalue weighted by atomic mass is 10.1. The normalized spacial score (nSPS) is 21.8. The zero-order chi connectivity index (χ0) is 20.5. The molecule has 4 rings (SSSR count). The Hall–Kier alpha value is -2.77. The second-order valence-electron chi connectivity index (χ2n) is 7.93. The van der Waals surface area contributed by atoms with Crippen molar-refractivity contribution < 1.29 is 14.5 Å². The van der Waals surface area contributed by atoms with Crippen molar-refractivity contribution in [1.82, 2.24) is 4.90 Å². The van der Waals surface area contributed by atoms with Crippen molar-refractivity contribution in [3.8, 4) is 0 Å². The number of hydrogen-bond acceptors (Lipinski definition) is 5. The smallest absolute Gasteiger partial charge is 0.271 e. The second kappa shape index (κ2) is 7.93. The lowest BCUT2D eigenvalue weighted by Crippen LogP contribution is -2.44. The molecule has 2 atom stereocenters. The topological polar surface area (TPSA) is 75.9 Å². The molecule has 0 radical (unpaired) electrons. The molecule has 0 aliphatic carbocycles. The number of fused-ring (bicyclic) bond motifs is 1. The Kier molecular flexibility index (Phi) is 5.34. The number of ether oxygens (including phenoxy) is 1. The van der Waals surface area contributed by atoms with E-state index in [0.717, 1.165) is 30.8 Å². The molecule has 7 nitrogen and oxygen atoms in total. The van der Waals surface area contributed by atoms with Crippen LogP contribution < -0.4 is 4.90 Å². The van der Waals surface area contributed by atoms with Gasteiger partial charge in [-0.25, -0.2) is 0 Å². The predicted molar refractivity (Wildman–Crippen MR) is 110 cm³/mol. The number of morpholine rings is 1. The molecule has 1 saturated heterocycles. The summed E-state index contributed by atoms with van der Waals surface area (Å²) in [6.07, 6.45) is 1.16. The first-order valence-electron chi connectivity index (χ1n) is 9.96. The van der Waals surface area contributed by atoms with Gasteiger partial charge in [-0.3, -0.25) is 19.8 Å². The summed E-state index contributed by atoms with van der Waals surface area (Å²) in [5.41, 5.74) is 3.37. The van der Waals surface area contributed by atoms with E-state index in [1.165, 1.54) is 12.1 Å². The average Bonchev–Trinajstić information content (AvgIpc) is 3.10. The summed E-state index contributed by atoms with van der Waals surface area (Å²) in [6, 6.07) is 12.4. The standard InChI is InChI=1S/C22H25N3O4/c1-15-12-23(13-16(2)29-15)14-17-3-5-19(6-4-17)22(26)24-10-9-18-7-8-20(25(27)28)11-21(18)24/h3-8,11,15-16H,9-10,12-14H2,1-2H3/t15-,16-/m0/s1. The monoisotopic (exact) mass is 395 g/mol. The van der Waals surface area contributed by atoms with Crippen LogP contribution in [0.25, 0.3) is 0 Å². The first kappa shape index (κ1) is 19.5. The summed E-state index contributed by atoms with van der Waals surface area (Å²) >= 11 is 0. The van der Waals surface area contributed by atoms with Gasteiger partial charge in [0, 0.05) is 43.9 Å². The number of benzene rings is 2. The molecule has 2 aliphatic rings. The molecule has 1 amide bonds. The summed E-state index contributed by atoms with van der Waals surface area (Å²) in [5, 5.41) is 11.1. The van der Waals surface area contributed by atoms with Gasteiger partial charge in [0.1, 0.15) is 0 Å². The maximum Gasteiger partial charge on any atom is 0.271 e. The zero-order valence-electron chi connectivity index (χ0n) is 16.7. The fourth-order valence-electron chi connectivity index (χ4n) is 4.27. The third kappa shape index (κ3) is 4.16. The fourth-order valence-corrected chi connectivity index (χ4v) is 4.27. The van der Waals surface area contributed by atoms with Gasteiger partial charge in [-0.05, 0) is 43.5 Å². The van der Waals surface area contributed by atoms with Gasteiger partial charge >= 0.3 is 0 Å². The molecule has 1 fully saturated rings. The van der Waals surface area contributed by atoms with E-state index >= 15 is 0 Å². The minimum absolute atomic E-state index is 0.00719. The van der Waals surface area contributed by atoms with E-state index < -0.39 is 4.92 Å². The maximum atomic E-state index is 13.0. The Morgan fingerprint density at radius 1 is 1.14 bits per heavy atom. The lowest BCUT2D eigenvalue weighted by Gasteiger charge is -2.35. The van der Waals surface area contributed by atoms with Gasteiger partial charge in [-0.1, -0.05) is 18.2 Å². The van der Waals surface area contributed by atoms with Crippen LogP contribution in [0.3, 0.4) is 0 Å². The van der Waals surface area contributed by atoms with Crippen molar-refractivity contribution in [2.24, 2.45) is 0 Å². The number of hydrogen-bond donors (Lipinski definition) is 0. The van der Waals surface area contributed by atoms with E-state index in [0.29, 0.717) is 24.2 Å². The molecule has 0 aromatic heterocycles. The Morgan fingerprint density at radius 2 is 1.83 bits per heavy atom. The first-order chi connectivity index (χ1) is 13.9. The van der Waals surface area contributed by atoms with Crippen LogP contribution in [0.5, 0.6) is 0 Å². The largest absolute Gasteiger partial charge is 0.373 e. The molecular weight excluding hydrogens is 370 g/mol. The van der Waals surface area contributed by atoms with Crippen molar-refractivity contribution >= 4 is 17.3 Å². The van der Waals surface area contributed by atoms with E-state index in [4.69, 9.17) is 4.74 Å². The molecule has 0 spiro atoms. The number of anilines is 1. The van der Waals surface area contributed by atoms with Gasteiger partial charge in [0.05, 0.1) is 22.8 Å². The van der Waals surface area contributed by atoms with E-state index in [2.05, 4.69) is 18.7 Å². The van der Waals surface area contributed by atoms with Crippen molar-refractivity contribution in [3.63, 3.8) is 0 Å². The van der Waals surface area contributed by atoms with Gasteiger partial charge in [0.2, 0.25) is 0 Å². The molecule has 0 unspecified atom stereocenters. The summed E-state index contributed by atoms with van der Waals surface area (Å²) in [5.74, 6) is -0.121. The third-order valence-corrected chi connectivity index (χ3v) is 5.52. The number of rotatable bonds is 4. The summed E-state index contributed by atoms with van der Waals surface area (Å²) in [6.45, 7) is 7.33. The SMILES string of the molecule is C[C@H]1CN(Cc2ccc(C(=O)N3CCc4ccc([N+](=O)[O-])cc43)cc2)C[C@H](C)O1. The molecule has 0 bridgehead atoms.